The number of nitrogens with one attached hydrogen (secondary N) is 5. The molecule has 25 heteroatoms. The first kappa shape index (κ1) is 60.5. The van der Waals surface area contributed by atoms with Crippen LogP contribution < -0.4 is 26.6 Å². The van der Waals surface area contributed by atoms with E-state index in [1.165, 1.54) is 59.7 Å². The summed E-state index contributed by atoms with van der Waals surface area (Å²) < 4.78 is 127. The van der Waals surface area contributed by atoms with E-state index in [2.05, 4.69) is 133 Å². The molecule has 10 aliphatic rings. The number of rotatable bonds is 15. The maximum atomic E-state index is 8.35. The fraction of sp³-hybridized carbons (Fsp3) is 0.647. The summed E-state index contributed by atoms with van der Waals surface area (Å²) in [5.41, 5.74) is 4.92. The number of thiophene rings is 5. The molecule has 20 rings (SSSR count). The Labute approximate surface area is 695 Å². The average Bonchev–Trinajstić information content (AvgIpc) is 1.60. The molecule has 20 nitrogen and oxygen atoms in total. The maximum absolute atomic E-state index is 8.35. The molecule has 0 aliphatic heterocycles. The van der Waals surface area contributed by atoms with Gasteiger partial charge in [-0.25, -0.2) is 49.8 Å². The molecule has 0 radical (unpaired) electrons. The Hall–Kier alpha value is -6.00. The van der Waals surface area contributed by atoms with Crippen LogP contribution in [0.25, 0.3) is 51.1 Å². The molecule has 0 spiro atoms. The van der Waals surface area contributed by atoms with Crippen molar-refractivity contribution in [2.45, 2.75) is 285 Å². The van der Waals surface area contributed by atoms with E-state index in [1.807, 2.05) is 0 Å². The fourth-order valence-corrected chi connectivity index (χ4v) is 23.8. The summed E-state index contributed by atoms with van der Waals surface area (Å²) >= 11 is 7.91. The van der Waals surface area contributed by atoms with Gasteiger partial charge < -0.3 is 51.1 Å². The molecule has 0 unspecified atom stereocenters. The average molecular weight is 1600 g/mol. The van der Waals surface area contributed by atoms with Gasteiger partial charge in [0, 0.05) is 107 Å². The zero-order chi connectivity index (χ0) is 89.5. The fourth-order valence-electron chi connectivity index (χ4n) is 18.2. The predicted octanol–water partition coefficient (Wildman–Crippen LogP) is 17.3. The Morgan fingerprint density at radius 3 is 0.809 bits per heavy atom. The maximum Gasteiger partial charge on any atom is 0.138 e. The van der Waals surface area contributed by atoms with Gasteiger partial charge in [-0.2, -0.15) is 0 Å². The highest BCUT2D eigenvalue weighted by atomic mass is 32.1. The molecule has 10 aliphatic carbocycles. The monoisotopic (exact) mass is 1600 g/mol. The summed E-state index contributed by atoms with van der Waals surface area (Å²) in [5.74, 6) is 4.15. The first-order chi connectivity index (χ1) is 59.6. The Morgan fingerprint density at radius 1 is 0.282 bits per heavy atom. The van der Waals surface area contributed by atoms with Gasteiger partial charge in [0.2, 0.25) is 0 Å². The third kappa shape index (κ3) is 17.5. The molecule has 0 bridgehead atoms. The van der Waals surface area contributed by atoms with Crippen LogP contribution >= 0.6 is 56.7 Å². The Bertz CT molecular complexity index is 5470. The van der Waals surface area contributed by atoms with Crippen LogP contribution in [0.5, 0.6) is 0 Å². The van der Waals surface area contributed by atoms with Crippen LogP contribution in [-0.4, -0.2) is 205 Å². The van der Waals surface area contributed by atoms with Gasteiger partial charge in [-0.15, -0.1) is 56.7 Å². The molecule has 110 heavy (non-hydrogen) atoms. The van der Waals surface area contributed by atoms with Gasteiger partial charge in [-0.05, 0) is 323 Å². The molecule has 5 fully saturated rings. The van der Waals surface area contributed by atoms with E-state index in [-0.39, 0.29) is 24.2 Å². The van der Waals surface area contributed by atoms with Crippen molar-refractivity contribution in [1.29, 1.82) is 0 Å². The number of aromatic nitrogens is 10. The quantitative estimate of drug-likeness (QED) is 0.0647. The molecule has 10 heterocycles. The summed E-state index contributed by atoms with van der Waals surface area (Å²) in [6, 6.07) is 3.98. The van der Waals surface area contributed by atoms with Crippen LogP contribution in [0.4, 0.5) is 29.1 Å². The second kappa shape index (κ2) is 35.4. The van der Waals surface area contributed by atoms with Crippen molar-refractivity contribution in [3.63, 3.8) is 0 Å². The SMILES string of the molecule is [2H]C1([2H])CCc2c1sc1ncnc(NC3CCC(N(C)C)CC3)c21.[2H]C1([2H])CCc2sc3ncnc(NC4CCC(N(C)C([2H])([2H])[2H])CC4)c3c21.[2H]C1([2H])CCc2sc3ncnc(NC4CCC(N(C)C)CC4)c3c21.[2H]C1([2H])Cc2sc3ncnc(NC4CCC(N(C)C([2H])([2H])[2H])CC4)c3c2C1.[2H]C1([2H])Cc2sc3ncnc(NC4CCC(N(C)C)CC4)c3c2C1. The van der Waals surface area contributed by atoms with Gasteiger partial charge >= 0.3 is 0 Å². The smallest absolute Gasteiger partial charge is 0.138 e. The van der Waals surface area contributed by atoms with E-state index >= 15 is 0 Å². The molecule has 0 saturated heterocycles. The van der Waals surface area contributed by atoms with E-state index in [9.17, 15) is 0 Å². The first-order valence-corrected chi connectivity index (χ1v) is 44.3. The van der Waals surface area contributed by atoms with E-state index < -0.39 is 45.8 Å². The molecule has 5 saturated carbocycles. The molecule has 0 aromatic carbocycles. The van der Waals surface area contributed by atoms with E-state index in [0.29, 0.717) is 81.2 Å². The van der Waals surface area contributed by atoms with Gasteiger partial charge in [0.05, 0.1) is 26.9 Å². The van der Waals surface area contributed by atoms with Crippen molar-refractivity contribution in [3.05, 3.63) is 83.8 Å². The lowest BCUT2D eigenvalue weighted by Gasteiger charge is -2.33. The number of hydrogen-bond acceptors (Lipinski definition) is 25. The standard InChI is InChI=1S/5C17H24N4S/c5*1-21(2)12-8-6-11(7-9-12)20-16-15-13-4-3-5-14(13)22-17(15)19-10-18-16/h5*10-12H,3-9H2,1-2H3,(H,18,19,20)/i1D3,4D2;1D3,3D2;5D2;4D2;3D2. The highest BCUT2D eigenvalue weighted by molar-refractivity contribution is 7.20. The minimum Gasteiger partial charge on any atom is -0.367 e. The van der Waals surface area contributed by atoms with Crippen molar-refractivity contribution in [2.75, 3.05) is 96.9 Å². The minimum absolute atomic E-state index is 0.0699. The van der Waals surface area contributed by atoms with Crippen molar-refractivity contribution >= 4 is 137 Å². The number of nitrogens with zero attached hydrogens (tertiary/aromatic N) is 15. The van der Waals surface area contributed by atoms with E-state index in [4.69, 9.17) is 21.9 Å². The van der Waals surface area contributed by atoms with E-state index in [1.54, 1.807) is 91.1 Å². The number of anilines is 5. The number of aryl methyl sites for hydroxylation is 10. The van der Waals surface area contributed by atoms with Gasteiger partial charge in [-0.3, -0.25) is 0 Å². The number of hydrogen-bond donors (Lipinski definition) is 5. The summed E-state index contributed by atoms with van der Waals surface area (Å²) in [4.78, 5) is 64.2. The number of fused-ring (bicyclic) bond motifs is 15. The van der Waals surface area contributed by atoms with Crippen molar-refractivity contribution in [1.82, 2.24) is 74.3 Å². The normalized spacial score (nSPS) is 29.5. The van der Waals surface area contributed by atoms with Gasteiger partial charge in [0.1, 0.15) is 84.9 Å². The molecule has 10 aromatic rings. The minimum atomic E-state index is -2.05. The zero-order valence-electron chi connectivity index (χ0n) is 81.1. The topological polar surface area (TPSA) is 205 Å². The summed E-state index contributed by atoms with van der Waals surface area (Å²) in [7, 11) is 16.3. The van der Waals surface area contributed by atoms with Crippen LogP contribution in [0.1, 0.15) is 235 Å². The zero-order valence-corrected chi connectivity index (χ0v) is 69.2. The van der Waals surface area contributed by atoms with Gasteiger partial charge in [0.25, 0.3) is 0 Å². The molecule has 5 N–H and O–H groups in total. The van der Waals surface area contributed by atoms with Crippen molar-refractivity contribution < 1.29 is 21.9 Å². The molecular formula is C85H120N20S5. The lowest BCUT2D eigenvalue weighted by molar-refractivity contribution is 0.221. The molecular weight excluding hydrogens is 1460 g/mol. The van der Waals surface area contributed by atoms with Crippen molar-refractivity contribution in [2.24, 2.45) is 0 Å². The lowest BCUT2D eigenvalue weighted by Crippen LogP contribution is -2.36. The molecule has 0 atom stereocenters. The second-order valence-electron chi connectivity index (χ2n) is 32.3. The van der Waals surface area contributed by atoms with E-state index in [0.717, 1.165) is 242 Å². The Morgan fingerprint density at radius 2 is 0.527 bits per heavy atom. The van der Waals surface area contributed by atoms with Crippen LogP contribution in [-0.2, 0) is 64.1 Å². The highest BCUT2D eigenvalue weighted by Crippen LogP contribution is 2.46. The third-order valence-corrected chi connectivity index (χ3v) is 30.4. The third-order valence-electron chi connectivity index (χ3n) is 24.7. The van der Waals surface area contributed by atoms with Crippen LogP contribution in [0, 0.1) is 0 Å². The Balaban J connectivity index is 0.000000116. The lowest BCUT2D eigenvalue weighted by atomic mass is 9.90. The van der Waals surface area contributed by atoms with Crippen LogP contribution in [0.3, 0.4) is 0 Å². The van der Waals surface area contributed by atoms with Crippen LogP contribution in [0.2, 0.25) is 0 Å². The first-order valence-electron chi connectivity index (χ1n) is 48.2. The molecule has 590 valence electrons. The largest absolute Gasteiger partial charge is 0.367 e. The highest BCUT2D eigenvalue weighted by Gasteiger charge is 2.33. The van der Waals surface area contributed by atoms with Gasteiger partial charge in [-0.1, -0.05) is 0 Å². The summed E-state index contributed by atoms with van der Waals surface area (Å²) in [6.07, 6.45) is 28.7. The van der Waals surface area contributed by atoms with Crippen molar-refractivity contribution in [3.8, 4) is 0 Å². The molecule has 0 amide bonds. The molecule has 10 aromatic heterocycles. The Kier molecular flexibility index (Phi) is 19.5. The summed E-state index contributed by atoms with van der Waals surface area (Å²) in [6.45, 7) is -4.09. The predicted molar refractivity (Wildman–Crippen MR) is 464 cm³/mol. The summed E-state index contributed by atoms with van der Waals surface area (Å²) in [5, 5.41) is 22.8. The second-order valence-corrected chi connectivity index (χ2v) is 37.7. The van der Waals surface area contributed by atoms with Crippen LogP contribution in [0.15, 0.2) is 31.6 Å². The van der Waals surface area contributed by atoms with Gasteiger partial charge in [0.15, 0.2) is 0 Å².